The van der Waals surface area contributed by atoms with Gasteiger partial charge in [-0.05, 0) is 25.5 Å². The van der Waals surface area contributed by atoms with Crippen LogP contribution in [0.4, 0.5) is 0 Å². The number of hydrogen-bond donors (Lipinski definition) is 1. The first-order valence-electron chi connectivity index (χ1n) is 5.42. The van der Waals surface area contributed by atoms with Crippen LogP contribution in [0.25, 0.3) is 0 Å². The van der Waals surface area contributed by atoms with E-state index in [2.05, 4.69) is 4.74 Å². The number of aryl methyl sites for hydroxylation is 1. The van der Waals surface area contributed by atoms with Crippen molar-refractivity contribution in [3.63, 3.8) is 0 Å². The van der Waals surface area contributed by atoms with Crippen LogP contribution < -0.4 is 0 Å². The summed E-state index contributed by atoms with van der Waals surface area (Å²) in [7, 11) is -3.52. The SMILES string of the molecule is CCOC(=O)C(O)c1ccc(C)cc1S(C)(=O)=O. The van der Waals surface area contributed by atoms with Crippen molar-refractivity contribution in [2.45, 2.75) is 24.8 Å². The smallest absolute Gasteiger partial charge is 0.339 e. The maximum Gasteiger partial charge on any atom is 0.339 e. The number of hydrogen-bond acceptors (Lipinski definition) is 5. The Morgan fingerprint density at radius 2 is 2.06 bits per heavy atom. The second-order valence-corrected chi connectivity index (χ2v) is 5.95. The van der Waals surface area contributed by atoms with E-state index in [9.17, 15) is 18.3 Å². The van der Waals surface area contributed by atoms with Gasteiger partial charge < -0.3 is 9.84 Å². The normalized spacial score (nSPS) is 13.1. The summed E-state index contributed by atoms with van der Waals surface area (Å²) in [5.74, 6) is -0.855. The molecule has 0 aromatic heterocycles. The third-order valence-electron chi connectivity index (χ3n) is 2.37. The minimum absolute atomic E-state index is 0.0431. The van der Waals surface area contributed by atoms with Crippen molar-refractivity contribution in [2.24, 2.45) is 0 Å². The van der Waals surface area contributed by atoms with Crippen LogP contribution >= 0.6 is 0 Å². The Hall–Kier alpha value is -1.40. The number of aliphatic hydroxyl groups is 1. The molecule has 0 saturated heterocycles. The van der Waals surface area contributed by atoms with Gasteiger partial charge in [-0.3, -0.25) is 0 Å². The van der Waals surface area contributed by atoms with E-state index >= 15 is 0 Å². The minimum atomic E-state index is -3.52. The van der Waals surface area contributed by atoms with Crippen molar-refractivity contribution >= 4 is 15.8 Å². The molecule has 0 fully saturated rings. The van der Waals surface area contributed by atoms with Crippen molar-refractivity contribution in [3.05, 3.63) is 29.3 Å². The lowest BCUT2D eigenvalue weighted by Crippen LogP contribution is -2.18. The van der Waals surface area contributed by atoms with Gasteiger partial charge in [0, 0.05) is 11.8 Å². The predicted octanol–water partition coefficient (Wildman–Crippen LogP) is 0.995. The van der Waals surface area contributed by atoms with Crippen LogP contribution in [0.2, 0.25) is 0 Å². The van der Waals surface area contributed by atoms with Crippen LogP contribution in [0.5, 0.6) is 0 Å². The number of benzene rings is 1. The fourth-order valence-electron chi connectivity index (χ4n) is 1.54. The van der Waals surface area contributed by atoms with Crippen molar-refractivity contribution < 1.29 is 23.1 Å². The minimum Gasteiger partial charge on any atom is -0.464 e. The Morgan fingerprint density at radius 1 is 1.44 bits per heavy atom. The lowest BCUT2D eigenvalue weighted by Gasteiger charge is -2.14. The molecule has 100 valence electrons. The fraction of sp³-hybridized carbons (Fsp3) is 0.417. The van der Waals surface area contributed by atoms with E-state index in [1.54, 1.807) is 19.9 Å². The summed E-state index contributed by atoms with van der Waals surface area (Å²) in [5.41, 5.74) is 0.775. The molecule has 0 radical (unpaired) electrons. The molecular formula is C12H16O5S. The van der Waals surface area contributed by atoms with E-state index in [4.69, 9.17) is 0 Å². The zero-order chi connectivity index (χ0) is 13.9. The van der Waals surface area contributed by atoms with Gasteiger partial charge in [-0.2, -0.15) is 0 Å². The van der Waals surface area contributed by atoms with Gasteiger partial charge in [0.15, 0.2) is 15.9 Å². The topological polar surface area (TPSA) is 80.7 Å². The quantitative estimate of drug-likeness (QED) is 0.827. The highest BCUT2D eigenvalue weighted by Gasteiger charge is 2.25. The summed E-state index contributed by atoms with van der Waals surface area (Å²) < 4.78 is 27.9. The Morgan fingerprint density at radius 3 is 2.56 bits per heavy atom. The Labute approximate surface area is 106 Å². The van der Waals surface area contributed by atoms with Gasteiger partial charge in [-0.1, -0.05) is 12.1 Å². The number of esters is 1. The van der Waals surface area contributed by atoms with E-state index in [-0.39, 0.29) is 17.1 Å². The first kappa shape index (κ1) is 14.7. The summed E-state index contributed by atoms with van der Waals surface area (Å²) in [6, 6.07) is 4.48. The molecule has 0 saturated carbocycles. The summed E-state index contributed by atoms with van der Waals surface area (Å²) in [5, 5.41) is 9.82. The number of rotatable bonds is 4. The molecule has 0 bridgehead atoms. The van der Waals surface area contributed by atoms with Crippen molar-refractivity contribution in [3.8, 4) is 0 Å². The Balaban J connectivity index is 3.29. The summed E-state index contributed by atoms with van der Waals surface area (Å²) in [4.78, 5) is 11.4. The van der Waals surface area contributed by atoms with Crippen LogP contribution in [0, 0.1) is 6.92 Å². The van der Waals surface area contributed by atoms with E-state index in [1.165, 1.54) is 12.1 Å². The van der Waals surface area contributed by atoms with Crippen molar-refractivity contribution in [2.75, 3.05) is 12.9 Å². The molecule has 0 heterocycles. The summed E-state index contributed by atoms with van der Waals surface area (Å²) in [6.07, 6.45) is -0.557. The average Bonchev–Trinajstić information content (AvgIpc) is 2.27. The highest BCUT2D eigenvalue weighted by molar-refractivity contribution is 7.90. The molecule has 1 aromatic carbocycles. The largest absolute Gasteiger partial charge is 0.464 e. The Kier molecular flexibility index (Phi) is 4.48. The second-order valence-electron chi connectivity index (χ2n) is 3.97. The Bertz CT molecular complexity index is 548. The molecule has 0 aliphatic rings. The first-order valence-corrected chi connectivity index (χ1v) is 7.31. The number of ether oxygens (including phenoxy) is 1. The molecule has 5 nitrogen and oxygen atoms in total. The molecule has 18 heavy (non-hydrogen) atoms. The maximum atomic E-state index is 11.6. The zero-order valence-corrected chi connectivity index (χ0v) is 11.3. The average molecular weight is 272 g/mol. The molecule has 1 unspecified atom stereocenters. The van der Waals surface area contributed by atoms with Crippen LogP contribution in [-0.4, -0.2) is 32.4 Å². The lowest BCUT2D eigenvalue weighted by molar-refractivity contribution is -0.153. The van der Waals surface area contributed by atoms with Gasteiger partial charge in [0.2, 0.25) is 0 Å². The van der Waals surface area contributed by atoms with Crippen molar-refractivity contribution in [1.82, 2.24) is 0 Å². The van der Waals surface area contributed by atoms with Crippen molar-refractivity contribution in [1.29, 1.82) is 0 Å². The van der Waals surface area contributed by atoms with Gasteiger partial charge in [0.25, 0.3) is 0 Å². The van der Waals surface area contributed by atoms with E-state index in [0.717, 1.165) is 11.8 Å². The number of carbonyl (C=O) groups is 1. The van der Waals surface area contributed by atoms with Crippen LogP contribution in [0.3, 0.4) is 0 Å². The van der Waals surface area contributed by atoms with Crippen LogP contribution in [0.1, 0.15) is 24.2 Å². The zero-order valence-electron chi connectivity index (χ0n) is 10.5. The third kappa shape index (κ3) is 3.30. The molecule has 0 aliphatic heterocycles. The lowest BCUT2D eigenvalue weighted by atomic mass is 10.1. The molecule has 0 aliphatic carbocycles. The van der Waals surface area contributed by atoms with Gasteiger partial charge in [-0.25, -0.2) is 13.2 Å². The van der Waals surface area contributed by atoms with Gasteiger partial charge in [0.1, 0.15) is 0 Å². The van der Waals surface area contributed by atoms with E-state index < -0.39 is 21.9 Å². The molecular weight excluding hydrogens is 256 g/mol. The number of aliphatic hydroxyl groups excluding tert-OH is 1. The van der Waals surface area contributed by atoms with E-state index in [0.29, 0.717) is 0 Å². The molecule has 0 spiro atoms. The molecule has 6 heteroatoms. The van der Waals surface area contributed by atoms with E-state index in [1.807, 2.05) is 0 Å². The molecule has 1 rings (SSSR count). The van der Waals surface area contributed by atoms with Gasteiger partial charge in [-0.15, -0.1) is 0 Å². The molecule has 0 amide bonds. The van der Waals surface area contributed by atoms with Gasteiger partial charge in [0.05, 0.1) is 11.5 Å². The summed E-state index contributed by atoms with van der Waals surface area (Å²) in [6.45, 7) is 3.46. The fourth-order valence-corrected chi connectivity index (χ4v) is 2.54. The molecule has 1 N–H and O–H groups in total. The highest BCUT2D eigenvalue weighted by Crippen LogP contribution is 2.24. The molecule has 1 aromatic rings. The maximum absolute atomic E-state index is 11.6. The van der Waals surface area contributed by atoms with Crippen LogP contribution in [-0.2, 0) is 19.4 Å². The first-order chi connectivity index (χ1) is 8.27. The number of carbonyl (C=O) groups excluding carboxylic acids is 1. The third-order valence-corrected chi connectivity index (χ3v) is 3.53. The van der Waals surface area contributed by atoms with Crippen LogP contribution in [0.15, 0.2) is 23.1 Å². The second kappa shape index (κ2) is 5.49. The summed E-state index contributed by atoms with van der Waals surface area (Å²) >= 11 is 0. The monoisotopic (exact) mass is 272 g/mol. The molecule has 1 atom stereocenters. The predicted molar refractivity (Wildman–Crippen MR) is 65.9 cm³/mol. The van der Waals surface area contributed by atoms with Gasteiger partial charge >= 0.3 is 5.97 Å². The highest BCUT2D eigenvalue weighted by atomic mass is 32.2. The standard InChI is InChI=1S/C12H16O5S/c1-4-17-12(14)11(13)9-6-5-8(2)7-10(9)18(3,15)16/h5-7,11,13H,4H2,1-3H3. The number of sulfone groups is 1.